The Morgan fingerprint density at radius 1 is 0.886 bits per heavy atom. The number of nitrogens with zero attached hydrogens (tertiary/aromatic N) is 1. The summed E-state index contributed by atoms with van der Waals surface area (Å²) in [7, 11) is -3.94. The molecule has 0 saturated carbocycles. The summed E-state index contributed by atoms with van der Waals surface area (Å²) in [6.45, 7) is 2.27. The topological polar surface area (TPSA) is 63.7 Å². The van der Waals surface area contributed by atoms with Crippen molar-refractivity contribution in [1.29, 1.82) is 0 Å². The van der Waals surface area contributed by atoms with Crippen LogP contribution in [0.2, 0.25) is 0 Å². The van der Waals surface area contributed by atoms with Crippen LogP contribution in [0.4, 0.5) is 4.79 Å². The number of cyclic esters (lactones) is 1. The number of carbonyl (C=O) groups excluding carboxylic acids is 1. The first kappa shape index (κ1) is 21.9. The summed E-state index contributed by atoms with van der Waals surface area (Å²) < 4.78 is 34.8. The molecular formula is C29H25NO4S. The molecule has 2 aliphatic rings. The Hall–Kier alpha value is -3.64. The molecule has 0 radical (unpaired) electrons. The van der Waals surface area contributed by atoms with E-state index in [4.69, 9.17) is 4.74 Å². The lowest BCUT2D eigenvalue weighted by Gasteiger charge is -2.40. The van der Waals surface area contributed by atoms with Crippen molar-refractivity contribution in [2.75, 3.05) is 13.2 Å². The molecule has 2 heterocycles. The van der Waals surface area contributed by atoms with Gasteiger partial charge in [0.05, 0.1) is 4.90 Å². The summed E-state index contributed by atoms with van der Waals surface area (Å²) in [4.78, 5) is 15.0. The molecule has 35 heavy (non-hydrogen) atoms. The third-order valence-corrected chi connectivity index (χ3v) is 9.57. The van der Waals surface area contributed by atoms with Gasteiger partial charge in [-0.2, -0.15) is 0 Å². The van der Waals surface area contributed by atoms with Crippen molar-refractivity contribution in [1.82, 2.24) is 4.90 Å². The van der Waals surface area contributed by atoms with E-state index in [2.05, 4.69) is 6.07 Å². The van der Waals surface area contributed by atoms with Gasteiger partial charge in [0.25, 0.3) is 0 Å². The van der Waals surface area contributed by atoms with Gasteiger partial charge in [-0.1, -0.05) is 78.4 Å². The highest BCUT2D eigenvalue weighted by molar-refractivity contribution is 7.91. The van der Waals surface area contributed by atoms with E-state index in [1.54, 1.807) is 17.0 Å². The van der Waals surface area contributed by atoms with Gasteiger partial charge in [0, 0.05) is 6.54 Å². The van der Waals surface area contributed by atoms with E-state index in [1.165, 1.54) is 0 Å². The number of amides is 1. The van der Waals surface area contributed by atoms with Gasteiger partial charge in [-0.3, -0.25) is 4.90 Å². The number of rotatable bonds is 3. The van der Waals surface area contributed by atoms with Gasteiger partial charge in [0.1, 0.15) is 17.4 Å². The smallest absolute Gasteiger partial charge is 0.410 e. The summed E-state index contributed by atoms with van der Waals surface area (Å²) in [5.41, 5.74) is 2.23. The highest BCUT2D eigenvalue weighted by Crippen LogP contribution is 2.53. The van der Waals surface area contributed by atoms with E-state index in [0.717, 1.165) is 33.0 Å². The van der Waals surface area contributed by atoms with Gasteiger partial charge in [-0.25, -0.2) is 13.2 Å². The highest BCUT2D eigenvalue weighted by atomic mass is 32.2. The SMILES string of the molecule is Cc1ccc(S(=O)(=O)[C@H]2c3cc4ccccc4cc3CCN3C(=O)OC[C@]23c2ccccc2)cc1. The monoisotopic (exact) mass is 483 g/mol. The van der Waals surface area contributed by atoms with Gasteiger partial charge in [-0.05, 0) is 59.0 Å². The number of carbonyl (C=O) groups is 1. The van der Waals surface area contributed by atoms with Crippen LogP contribution in [0.1, 0.15) is 27.5 Å². The summed E-state index contributed by atoms with van der Waals surface area (Å²) in [5, 5.41) is 0.988. The molecule has 0 unspecified atom stereocenters. The van der Waals surface area contributed by atoms with Gasteiger partial charge in [0.15, 0.2) is 9.84 Å². The van der Waals surface area contributed by atoms with Crippen molar-refractivity contribution in [3.63, 3.8) is 0 Å². The number of ether oxygens (including phenoxy) is 1. The second kappa shape index (κ2) is 7.95. The molecule has 6 rings (SSSR count). The largest absolute Gasteiger partial charge is 0.446 e. The Labute approximate surface area is 204 Å². The molecule has 5 nitrogen and oxygen atoms in total. The van der Waals surface area contributed by atoms with Crippen LogP contribution in [0.5, 0.6) is 0 Å². The number of sulfone groups is 1. The Balaban J connectivity index is 1.71. The molecule has 1 amide bonds. The highest BCUT2D eigenvalue weighted by Gasteiger charge is 2.60. The average molecular weight is 484 g/mol. The number of benzene rings is 4. The molecule has 1 saturated heterocycles. The average Bonchev–Trinajstić information content (AvgIpc) is 3.11. The second-order valence-corrected chi connectivity index (χ2v) is 11.4. The Kier molecular flexibility index (Phi) is 4.97. The van der Waals surface area contributed by atoms with E-state index in [1.807, 2.05) is 79.7 Å². The molecule has 0 bridgehead atoms. The molecular weight excluding hydrogens is 458 g/mol. The number of hydrogen-bond acceptors (Lipinski definition) is 4. The standard InChI is InChI=1S/C29H25NO4S/c1-20-11-13-25(14-12-20)35(32,33)27-26-18-22-8-6-5-7-21(22)17-23(26)15-16-30-28(31)34-19-29(27,30)24-9-3-2-4-10-24/h2-14,17-18,27H,15-16,19H2,1H3/t27-,29-/m0/s1. The maximum absolute atomic E-state index is 14.6. The molecule has 2 aliphatic heterocycles. The molecule has 0 aromatic heterocycles. The molecule has 6 heteroatoms. The predicted octanol–water partition coefficient (Wildman–Crippen LogP) is 5.57. The number of aryl methyl sites for hydroxylation is 1. The fourth-order valence-electron chi connectivity index (χ4n) is 5.66. The molecule has 176 valence electrons. The Morgan fingerprint density at radius 3 is 2.26 bits per heavy atom. The third kappa shape index (κ3) is 3.27. The van der Waals surface area contributed by atoms with Crippen molar-refractivity contribution in [3.8, 4) is 0 Å². The predicted molar refractivity (Wildman–Crippen MR) is 135 cm³/mol. The first-order chi connectivity index (χ1) is 16.9. The summed E-state index contributed by atoms with van der Waals surface area (Å²) in [6, 6.07) is 28.5. The minimum atomic E-state index is -3.94. The van der Waals surface area contributed by atoms with Crippen LogP contribution in [0.15, 0.2) is 95.9 Å². The summed E-state index contributed by atoms with van der Waals surface area (Å²) in [5.74, 6) is 0. The van der Waals surface area contributed by atoms with Crippen LogP contribution in [0.25, 0.3) is 10.8 Å². The molecule has 0 aliphatic carbocycles. The van der Waals surface area contributed by atoms with E-state index < -0.39 is 26.7 Å². The molecule has 4 aromatic rings. The van der Waals surface area contributed by atoms with Crippen molar-refractivity contribution >= 4 is 26.7 Å². The van der Waals surface area contributed by atoms with Crippen LogP contribution >= 0.6 is 0 Å². The van der Waals surface area contributed by atoms with E-state index >= 15 is 0 Å². The first-order valence-corrected chi connectivity index (χ1v) is 13.3. The van der Waals surface area contributed by atoms with Gasteiger partial charge >= 0.3 is 6.09 Å². The lowest BCUT2D eigenvalue weighted by Crippen LogP contribution is -2.50. The van der Waals surface area contributed by atoms with Gasteiger partial charge < -0.3 is 4.74 Å². The van der Waals surface area contributed by atoms with Crippen LogP contribution in [0, 0.1) is 6.92 Å². The lowest BCUT2D eigenvalue weighted by atomic mass is 9.82. The normalized spacial score (nSPS) is 21.8. The number of hydrogen-bond donors (Lipinski definition) is 0. The van der Waals surface area contributed by atoms with Crippen LogP contribution in [-0.4, -0.2) is 32.6 Å². The van der Waals surface area contributed by atoms with Crippen molar-refractivity contribution < 1.29 is 17.9 Å². The van der Waals surface area contributed by atoms with E-state index in [0.29, 0.717) is 13.0 Å². The second-order valence-electron chi connectivity index (χ2n) is 9.38. The lowest BCUT2D eigenvalue weighted by molar-refractivity contribution is 0.150. The Bertz CT molecular complexity index is 1550. The molecule has 4 aromatic carbocycles. The Morgan fingerprint density at radius 2 is 1.54 bits per heavy atom. The molecule has 2 atom stereocenters. The van der Waals surface area contributed by atoms with E-state index in [9.17, 15) is 13.2 Å². The molecule has 1 fully saturated rings. The first-order valence-electron chi connectivity index (χ1n) is 11.7. The number of fused-ring (bicyclic) bond motifs is 3. The fourth-order valence-corrected chi connectivity index (χ4v) is 7.84. The van der Waals surface area contributed by atoms with Crippen molar-refractivity contribution in [2.45, 2.75) is 29.0 Å². The summed E-state index contributed by atoms with van der Waals surface area (Å²) >= 11 is 0. The van der Waals surface area contributed by atoms with Crippen molar-refractivity contribution in [3.05, 3.63) is 113 Å². The van der Waals surface area contributed by atoms with Gasteiger partial charge in [-0.15, -0.1) is 0 Å². The fraction of sp³-hybridized carbons (Fsp3) is 0.207. The third-order valence-electron chi connectivity index (χ3n) is 7.38. The van der Waals surface area contributed by atoms with Crippen LogP contribution in [0.3, 0.4) is 0 Å². The minimum absolute atomic E-state index is 0.0299. The molecule has 0 spiro atoms. The molecule has 0 N–H and O–H groups in total. The van der Waals surface area contributed by atoms with Crippen LogP contribution < -0.4 is 0 Å². The van der Waals surface area contributed by atoms with Crippen LogP contribution in [-0.2, 0) is 26.5 Å². The zero-order valence-electron chi connectivity index (χ0n) is 19.3. The summed E-state index contributed by atoms with van der Waals surface area (Å²) in [6.07, 6.45) is 0.0689. The maximum Gasteiger partial charge on any atom is 0.410 e. The minimum Gasteiger partial charge on any atom is -0.446 e. The zero-order valence-corrected chi connectivity index (χ0v) is 20.2. The quantitative estimate of drug-likeness (QED) is 0.382. The van der Waals surface area contributed by atoms with Crippen molar-refractivity contribution in [2.24, 2.45) is 0 Å². The zero-order chi connectivity index (χ0) is 24.2. The van der Waals surface area contributed by atoms with E-state index in [-0.39, 0.29) is 11.5 Å². The maximum atomic E-state index is 14.6. The van der Waals surface area contributed by atoms with Gasteiger partial charge in [0.2, 0.25) is 0 Å².